The molecule has 0 fully saturated rings. The molecule has 0 heterocycles. The molecule has 114 valence electrons. The summed E-state index contributed by atoms with van der Waals surface area (Å²) in [5, 5.41) is 2.73. The normalized spacial score (nSPS) is 10.0. The SMILES string of the molecule is O=C(COC(=O)c1ccccc1I)NCCc1ccccc1. The molecule has 0 saturated carbocycles. The Labute approximate surface area is 143 Å². The van der Waals surface area contributed by atoms with E-state index in [0.29, 0.717) is 12.1 Å². The van der Waals surface area contributed by atoms with Gasteiger partial charge in [0.2, 0.25) is 0 Å². The summed E-state index contributed by atoms with van der Waals surface area (Å²) in [5.41, 5.74) is 1.62. The summed E-state index contributed by atoms with van der Waals surface area (Å²) in [6, 6.07) is 17.0. The number of nitrogens with one attached hydrogen (secondary N) is 1. The highest BCUT2D eigenvalue weighted by atomic mass is 127. The number of amides is 1. The highest BCUT2D eigenvalue weighted by Gasteiger charge is 2.12. The second-order valence-electron chi connectivity index (χ2n) is 4.64. The predicted octanol–water partition coefficient (Wildman–Crippen LogP) is 2.81. The van der Waals surface area contributed by atoms with Gasteiger partial charge in [-0.3, -0.25) is 4.79 Å². The van der Waals surface area contributed by atoms with Crippen molar-refractivity contribution >= 4 is 34.5 Å². The van der Waals surface area contributed by atoms with Crippen LogP contribution in [-0.4, -0.2) is 25.0 Å². The van der Waals surface area contributed by atoms with Gasteiger partial charge >= 0.3 is 5.97 Å². The maximum Gasteiger partial charge on any atom is 0.339 e. The van der Waals surface area contributed by atoms with Gasteiger partial charge in [0.15, 0.2) is 6.61 Å². The van der Waals surface area contributed by atoms with E-state index in [1.54, 1.807) is 12.1 Å². The molecule has 0 aliphatic carbocycles. The van der Waals surface area contributed by atoms with Gasteiger partial charge < -0.3 is 10.1 Å². The topological polar surface area (TPSA) is 55.4 Å². The van der Waals surface area contributed by atoms with Crippen LogP contribution in [0.5, 0.6) is 0 Å². The Morgan fingerprint density at radius 1 is 1.00 bits per heavy atom. The minimum absolute atomic E-state index is 0.265. The maximum atomic E-state index is 11.9. The van der Waals surface area contributed by atoms with Crippen LogP contribution >= 0.6 is 22.6 Å². The first-order valence-electron chi connectivity index (χ1n) is 6.89. The summed E-state index contributed by atoms with van der Waals surface area (Å²) in [7, 11) is 0. The maximum absolute atomic E-state index is 11.9. The van der Waals surface area contributed by atoms with Gasteiger partial charge in [0.1, 0.15) is 0 Å². The lowest BCUT2D eigenvalue weighted by atomic mass is 10.1. The van der Waals surface area contributed by atoms with Crippen LogP contribution in [0.3, 0.4) is 0 Å². The zero-order valence-electron chi connectivity index (χ0n) is 11.9. The van der Waals surface area contributed by atoms with Crippen molar-refractivity contribution in [3.05, 3.63) is 69.3 Å². The first-order chi connectivity index (χ1) is 10.7. The van der Waals surface area contributed by atoms with Crippen LogP contribution < -0.4 is 5.32 Å². The van der Waals surface area contributed by atoms with Crippen molar-refractivity contribution < 1.29 is 14.3 Å². The van der Waals surface area contributed by atoms with Crippen molar-refractivity contribution in [2.24, 2.45) is 0 Å². The molecule has 22 heavy (non-hydrogen) atoms. The molecule has 2 rings (SSSR count). The molecule has 2 aromatic carbocycles. The number of benzene rings is 2. The van der Waals surface area contributed by atoms with E-state index in [1.807, 2.05) is 42.5 Å². The van der Waals surface area contributed by atoms with Gasteiger partial charge in [0, 0.05) is 10.1 Å². The lowest BCUT2D eigenvalue weighted by molar-refractivity contribution is -0.124. The Hall–Kier alpha value is -1.89. The van der Waals surface area contributed by atoms with Gasteiger partial charge in [-0.15, -0.1) is 0 Å². The molecular weight excluding hydrogens is 393 g/mol. The zero-order valence-corrected chi connectivity index (χ0v) is 14.1. The average molecular weight is 409 g/mol. The van der Waals surface area contributed by atoms with Crippen LogP contribution in [0, 0.1) is 3.57 Å². The first-order valence-corrected chi connectivity index (χ1v) is 7.97. The summed E-state index contributed by atoms with van der Waals surface area (Å²) >= 11 is 2.06. The second-order valence-corrected chi connectivity index (χ2v) is 5.80. The van der Waals surface area contributed by atoms with Crippen LogP contribution in [0.15, 0.2) is 54.6 Å². The fourth-order valence-corrected chi connectivity index (χ4v) is 2.49. The van der Waals surface area contributed by atoms with E-state index < -0.39 is 5.97 Å². The average Bonchev–Trinajstić information content (AvgIpc) is 2.54. The Morgan fingerprint density at radius 2 is 1.68 bits per heavy atom. The standard InChI is InChI=1S/C17H16INO3/c18-15-9-5-4-8-14(15)17(21)22-12-16(20)19-11-10-13-6-2-1-3-7-13/h1-9H,10-12H2,(H,19,20). The Morgan fingerprint density at radius 3 is 2.41 bits per heavy atom. The highest BCUT2D eigenvalue weighted by Crippen LogP contribution is 2.12. The van der Waals surface area contributed by atoms with Crippen molar-refractivity contribution in [2.75, 3.05) is 13.2 Å². The summed E-state index contributed by atoms with van der Waals surface area (Å²) in [5.74, 6) is -0.779. The quantitative estimate of drug-likeness (QED) is 0.590. The van der Waals surface area contributed by atoms with Crippen molar-refractivity contribution in [3.63, 3.8) is 0 Å². The number of halogens is 1. The van der Waals surface area contributed by atoms with Crippen LogP contribution in [0.2, 0.25) is 0 Å². The minimum atomic E-state index is -0.483. The molecule has 2 aromatic rings. The summed E-state index contributed by atoms with van der Waals surface area (Å²) in [4.78, 5) is 23.5. The molecule has 0 bridgehead atoms. The number of ether oxygens (including phenoxy) is 1. The number of hydrogen-bond acceptors (Lipinski definition) is 3. The molecule has 0 atom stereocenters. The lowest BCUT2D eigenvalue weighted by Crippen LogP contribution is -2.30. The second kappa shape index (κ2) is 8.53. The summed E-state index contributed by atoms with van der Waals surface area (Å²) in [6.07, 6.45) is 0.747. The molecule has 0 spiro atoms. The molecule has 1 N–H and O–H groups in total. The fourth-order valence-electron chi connectivity index (χ4n) is 1.88. The highest BCUT2D eigenvalue weighted by molar-refractivity contribution is 14.1. The molecular formula is C17H16INO3. The van der Waals surface area contributed by atoms with Crippen LogP contribution in [0.4, 0.5) is 0 Å². The van der Waals surface area contributed by atoms with Gasteiger partial charge in [-0.05, 0) is 46.7 Å². The van der Waals surface area contributed by atoms with E-state index in [9.17, 15) is 9.59 Å². The van der Waals surface area contributed by atoms with Crippen LogP contribution in [0.25, 0.3) is 0 Å². The molecule has 0 aliphatic heterocycles. The van der Waals surface area contributed by atoms with Gasteiger partial charge in [-0.1, -0.05) is 42.5 Å². The smallest absolute Gasteiger partial charge is 0.339 e. The summed E-state index contributed by atoms with van der Waals surface area (Å²) in [6.45, 7) is 0.252. The van der Waals surface area contributed by atoms with Crippen LogP contribution in [-0.2, 0) is 16.0 Å². The third kappa shape index (κ3) is 5.14. The van der Waals surface area contributed by atoms with Gasteiger partial charge in [-0.2, -0.15) is 0 Å². The van der Waals surface area contributed by atoms with Crippen molar-refractivity contribution in [2.45, 2.75) is 6.42 Å². The van der Waals surface area contributed by atoms with E-state index in [0.717, 1.165) is 15.6 Å². The number of esters is 1. The Balaban J connectivity index is 1.72. The van der Waals surface area contributed by atoms with Gasteiger partial charge in [0.25, 0.3) is 5.91 Å². The van der Waals surface area contributed by atoms with E-state index in [1.165, 1.54) is 0 Å². The number of carbonyl (C=O) groups is 2. The molecule has 0 aromatic heterocycles. The monoisotopic (exact) mass is 409 g/mol. The van der Waals surface area contributed by atoms with E-state index >= 15 is 0 Å². The van der Waals surface area contributed by atoms with Crippen molar-refractivity contribution in [1.29, 1.82) is 0 Å². The summed E-state index contributed by atoms with van der Waals surface area (Å²) < 4.78 is 5.82. The Kier molecular flexibility index (Phi) is 6.39. The van der Waals surface area contributed by atoms with E-state index in [-0.39, 0.29) is 12.5 Å². The molecule has 0 aliphatic rings. The fraction of sp³-hybridized carbons (Fsp3) is 0.176. The third-order valence-electron chi connectivity index (χ3n) is 3.01. The predicted molar refractivity (Wildman–Crippen MR) is 92.6 cm³/mol. The number of hydrogen-bond donors (Lipinski definition) is 1. The van der Waals surface area contributed by atoms with Gasteiger partial charge in [-0.25, -0.2) is 4.79 Å². The molecule has 0 unspecified atom stereocenters. The molecule has 0 radical (unpaired) electrons. The largest absolute Gasteiger partial charge is 0.452 e. The number of rotatable bonds is 6. The minimum Gasteiger partial charge on any atom is -0.452 e. The number of carbonyl (C=O) groups excluding carboxylic acids is 2. The molecule has 5 heteroatoms. The first kappa shape index (κ1) is 16.5. The lowest BCUT2D eigenvalue weighted by Gasteiger charge is -2.07. The van der Waals surface area contributed by atoms with E-state index in [4.69, 9.17) is 4.74 Å². The van der Waals surface area contributed by atoms with Gasteiger partial charge in [0.05, 0.1) is 5.56 Å². The van der Waals surface area contributed by atoms with Crippen molar-refractivity contribution in [1.82, 2.24) is 5.32 Å². The van der Waals surface area contributed by atoms with Crippen molar-refractivity contribution in [3.8, 4) is 0 Å². The molecule has 1 amide bonds. The van der Waals surface area contributed by atoms with Crippen LogP contribution in [0.1, 0.15) is 15.9 Å². The Bertz CT molecular complexity index is 643. The zero-order chi connectivity index (χ0) is 15.8. The molecule has 4 nitrogen and oxygen atoms in total. The van der Waals surface area contributed by atoms with E-state index in [2.05, 4.69) is 27.9 Å². The third-order valence-corrected chi connectivity index (χ3v) is 3.95. The molecule has 0 saturated heterocycles.